The van der Waals surface area contributed by atoms with Crippen molar-refractivity contribution in [3.63, 3.8) is 0 Å². The van der Waals surface area contributed by atoms with Crippen molar-refractivity contribution in [2.75, 3.05) is 13.7 Å². The highest BCUT2D eigenvalue weighted by Crippen LogP contribution is 2.25. The zero-order chi connectivity index (χ0) is 18.7. The minimum Gasteiger partial charge on any atom is -0.494 e. The molecule has 0 bridgehead atoms. The van der Waals surface area contributed by atoms with Crippen LogP contribution in [0.1, 0.15) is 11.7 Å². The number of ether oxygens (including phenoxy) is 1. The van der Waals surface area contributed by atoms with Crippen molar-refractivity contribution in [1.82, 2.24) is 4.72 Å². The smallest absolute Gasteiger partial charge is 0.240 e. The van der Waals surface area contributed by atoms with Crippen LogP contribution < -0.4 is 9.46 Å². The van der Waals surface area contributed by atoms with E-state index < -0.39 is 21.9 Å². The molecule has 0 saturated carbocycles. The van der Waals surface area contributed by atoms with Crippen LogP contribution in [0.5, 0.6) is 5.75 Å². The molecule has 136 valence electrons. The number of nitrogens with one attached hydrogen (secondary N) is 1. The molecule has 3 aromatic carbocycles. The van der Waals surface area contributed by atoms with Crippen molar-refractivity contribution >= 4 is 20.8 Å². The number of rotatable bonds is 6. The van der Waals surface area contributed by atoms with Crippen LogP contribution in [0.4, 0.5) is 4.39 Å². The topological polar surface area (TPSA) is 75.6 Å². The van der Waals surface area contributed by atoms with Gasteiger partial charge in [-0.3, -0.25) is 0 Å². The summed E-state index contributed by atoms with van der Waals surface area (Å²) in [5.74, 6) is -0.815. The van der Waals surface area contributed by atoms with Crippen LogP contribution in [-0.2, 0) is 10.0 Å². The van der Waals surface area contributed by atoms with Crippen LogP contribution in [0, 0.1) is 5.82 Å². The largest absolute Gasteiger partial charge is 0.494 e. The van der Waals surface area contributed by atoms with Crippen molar-refractivity contribution < 1.29 is 22.7 Å². The van der Waals surface area contributed by atoms with Crippen molar-refractivity contribution in [2.45, 2.75) is 11.0 Å². The molecule has 3 rings (SSSR count). The molecule has 1 atom stereocenters. The highest BCUT2D eigenvalue weighted by Gasteiger charge is 2.19. The molecular formula is C19H18FNO4S. The summed E-state index contributed by atoms with van der Waals surface area (Å²) >= 11 is 0. The first-order valence-electron chi connectivity index (χ1n) is 7.91. The Balaban J connectivity index is 1.80. The molecule has 5 nitrogen and oxygen atoms in total. The zero-order valence-corrected chi connectivity index (χ0v) is 14.8. The summed E-state index contributed by atoms with van der Waals surface area (Å²) < 4.78 is 45.6. The van der Waals surface area contributed by atoms with Crippen LogP contribution in [-0.4, -0.2) is 27.2 Å². The first-order chi connectivity index (χ1) is 12.4. The second-order valence-electron chi connectivity index (χ2n) is 5.73. The van der Waals surface area contributed by atoms with Crippen LogP contribution in [0.2, 0.25) is 0 Å². The van der Waals surface area contributed by atoms with Crippen LogP contribution in [0.3, 0.4) is 0 Å². The molecule has 0 aliphatic rings. The van der Waals surface area contributed by atoms with Crippen molar-refractivity contribution in [3.05, 3.63) is 72.0 Å². The maximum atomic E-state index is 13.8. The lowest BCUT2D eigenvalue weighted by Crippen LogP contribution is -2.28. The quantitative estimate of drug-likeness (QED) is 0.695. The fourth-order valence-corrected chi connectivity index (χ4v) is 3.79. The highest BCUT2D eigenvalue weighted by atomic mass is 32.2. The van der Waals surface area contributed by atoms with Gasteiger partial charge in [0.1, 0.15) is 0 Å². The molecule has 0 spiro atoms. The first-order valence-corrected chi connectivity index (χ1v) is 9.39. The molecule has 3 aromatic rings. The number of methoxy groups -OCH3 is 1. The van der Waals surface area contributed by atoms with Gasteiger partial charge in [0, 0.05) is 6.54 Å². The third-order valence-electron chi connectivity index (χ3n) is 4.08. The van der Waals surface area contributed by atoms with Gasteiger partial charge in [0.05, 0.1) is 18.1 Å². The molecule has 0 unspecified atom stereocenters. The molecule has 0 amide bonds. The zero-order valence-electron chi connectivity index (χ0n) is 14.0. The number of hydrogen-bond donors (Lipinski definition) is 2. The number of halogens is 1. The molecule has 26 heavy (non-hydrogen) atoms. The van der Waals surface area contributed by atoms with E-state index in [9.17, 15) is 17.9 Å². The Bertz CT molecular complexity index is 1030. The Morgan fingerprint density at radius 3 is 2.58 bits per heavy atom. The van der Waals surface area contributed by atoms with Crippen LogP contribution in [0.15, 0.2) is 65.6 Å². The second-order valence-corrected chi connectivity index (χ2v) is 7.50. The third-order valence-corrected chi connectivity index (χ3v) is 5.50. The maximum absolute atomic E-state index is 13.8. The normalized spacial score (nSPS) is 12.9. The number of aliphatic hydroxyl groups excluding tert-OH is 1. The number of benzene rings is 3. The summed E-state index contributed by atoms with van der Waals surface area (Å²) in [5, 5.41) is 12.2. The predicted octanol–water partition coefficient (Wildman–Crippen LogP) is 3.00. The van der Waals surface area contributed by atoms with E-state index in [4.69, 9.17) is 4.74 Å². The molecule has 0 aliphatic heterocycles. The molecule has 0 radical (unpaired) electrons. The van der Waals surface area contributed by atoms with Gasteiger partial charge in [0.15, 0.2) is 11.6 Å². The molecule has 0 saturated heterocycles. The number of aliphatic hydroxyl groups is 1. The van der Waals surface area contributed by atoms with E-state index in [1.54, 1.807) is 12.1 Å². The van der Waals surface area contributed by atoms with Crippen LogP contribution >= 0.6 is 0 Å². The number of sulfonamides is 1. The van der Waals surface area contributed by atoms with Gasteiger partial charge in [-0.25, -0.2) is 17.5 Å². The summed E-state index contributed by atoms with van der Waals surface area (Å²) in [5.41, 5.74) is 0.617. The summed E-state index contributed by atoms with van der Waals surface area (Å²) in [6.07, 6.45) is -1.04. The lowest BCUT2D eigenvalue weighted by molar-refractivity contribution is 0.183. The third kappa shape index (κ3) is 3.70. The summed E-state index contributed by atoms with van der Waals surface area (Å²) in [6.45, 7) is -0.232. The molecule has 0 aliphatic carbocycles. The van der Waals surface area contributed by atoms with Gasteiger partial charge in [-0.2, -0.15) is 0 Å². The molecule has 2 N–H and O–H groups in total. The summed E-state index contributed by atoms with van der Waals surface area (Å²) in [4.78, 5) is -0.235. The lowest BCUT2D eigenvalue weighted by Gasteiger charge is -2.15. The van der Waals surface area contributed by atoms with Gasteiger partial charge in [-0.15, -0.1) is 0 Å². The fraction of sp³-hybridized carbons (Fsp3) is 0.158. The SMILES string of the molecule is COc1ccc(S(=O)(=O)NC[C@@H](O)c2cccc3ccccc23)cc1F. The Hall–Kier alpha value is -2.48. The van der Waals surface area contributed by atoms with E-state index in [0.29, 0.717) is 5.56 Å². The number of fused-ring (bicyclic) bond motifs is 1. The summed E-state index contributed by atoms with van der Waals surface area (Å²) in [6, 6.07) is 16.3. The molecule has 7 heteroatoms. The van der Waals surface area contributed by atoms with E-state index in [1.165, 1.54) is 19.2 Å². The van der Waals surface area contributed by atoms with Gasteiger partial charge in [0.25, 0.3) is 0 Å². The predicted molar refractivity (Wildman–Crippen MR) is 97.0 cm³/mol. The van der Waals surface area contributed by atoms with Gasteiger partial charge in [-0.05, 0) is 34.5 Å². The lowest BCUT2D eigenvalue weighted by atomic mass is 10.0. The fourth-order valence-electron chi connectivity index (χ4n) is 2.74. The Morgan fingerprint density at radius 2 is 1.85 bits per heavy atom. The van der Waals surface area contributed by atoms with Gasteiger partial charge in [0.2, 0.25) is 10.0 Å². The molecule has 0 aromatic heterocycles. The average Bonchev–Trinajstić information content (AvgIpc) is 2.65. The standard InChI is InChI=1S/C19H18FNO4S/c1-25-19-10-9-14(11-17(19)20)26(23,24)21-12-18(22)16-8-4-6-13-5-2-3-7-15(13)16/h2-11,18,21-22H,12H2,1H3/t18-/m1/s1. The van der Waals surface area contributed by atoms with E-state index in [-0.39, 0.29) is 17.2 Å². The van der Waals surface area contributed by atoms with Crippen molar-refractivity contribution in [1.29, 1.82) is 0 Å². The molecule has 0 fully saturated rings. The van der Waals surface area contributed by atoms with Gasteiger partial charge < -0.3 is 9.84 Å². The molecular weight excluding hydrogens is 357 g/mol. The minimum absolute atomic E-state index is 0.0419. The Kier molecular flexibility index (Phi) is 5.22. The highest BCUT2D eigenvalue weighted by molar-refractivity contribution is 7.89. The Morgan fingerprint density at radius 1 is 1.12 bits per heavy atom. The van der Waals surface area contributed by atoms with E-state index in [2.05, 4.69) is 4.72 Å². The maximum Gasteiger partial charge on any atom is 0.240 e. The number of hydrogen-bond acceptors (Lipinski definition) is 4. The van der Waals surface area contributed by atoms with E-state index >= 15 is 0 Å². The second kappa shape index (κ2) is 7.41. The van der Waals surface area contributed by atoms with Crippen LogP contribution in [0.25, 0.3) is 10.8 Å². The van der Waals surface area contributed by atoms with E-state index in [0.717, 1.165) is 16.8 Å². The van der Waals surface area contributed by atoms with E-state index in [1.807, 2.05) is 30.3 Å². The average molecular weight is 375 g/mol. The van der Waals surface area contributed by atoms with Crippen molar-refractivity contribution in [2.24, 2.45) is 0 Å². The van der Waals surface area contributed by atoms with Gasteiger partial charge >= 0.3 is 0 Å². The van der Waals surface area contributed by atoms with Gasteiger partial charge in [-0.1, -0.05) is 42.5 Å². The Labute approximate surface area is 151 Å². The minimum atomic E-state index is -3.97. The summed E-state index contributed by atoms with van der Waals surface area (Å²) in [7, 11) is -2.67. The first kappa shape index (κ1) is 18.3. The van der Waals surface area contributed by atoms with Crippen molar-refractivity contribution in [3.8, 4) is 5.75 Å². The molecule has 0 heterocycles. The monoisotopic (exact) mass is 375 g/mol.